The van der Waals surface area contributed by atoms with Crippen LogP contribution < -0.4 is 4.90 Å². The molecule has 0 aliphatic rings. The molecule has 0 spiro atoms. The van der Waals surface area contributed by atoms with Gasteiger partial charge in [-0.05, 0) is 36.4 Å². The molecule has 0 N–H and O–H groups in total. The first kappa shape index (κ1) is 13.3. The van der Waals surface area contributed by atoms with Gasteiger partial charge in [0.25, 0.3) is 0 Å². The number of fused-ring (bicyclic) bond motifs is 1. The second-order valence-electron chi connectivity index (χ2n) is 5.18. The average Bonchev–Trinajstić information content (AvgIpc) is 2.53. The zero-order valence-electron chi connectivity index (χ0n) is 12.1. The van der Waals surface area contributed by atoms with Crippen LogP contribution in [0.5, 0.6) is 0 Å². The van der Waals surface area contributed by atoms with Gasteiger partial charge in [0.05, 0.1) is 5.52 Å². The van der Waals surface area contributed by atoms with Crippen LogP contribution in [0.4, 0.5) is 5.69 Å². The molecule has 1 heterocycles. The first-order valence-corrected chi connectivity index (χ1v) is 6.82. The number of hydrogen-bond donors (Lipinski definition) is 0. The summed E-state index contributed by atoms with van der Waals surface area (Å²) >= 11 is 0. The van der Waals surface area contributed by atoms with E-state index < -0.39 is 0 Å². The molecule has 2 aromatic carbocycles. The summed E-state index contributed by atoms with van der Waals surface area (Å²) in [5.41, 5.74) is 3.30. The molecule has 0 bridgehead atoms. The van der Waals surface area contributed by atoms with E-state index in [1.165, 1.54) is 0 Å². The summed E-state index contributed by atoms with van der Waals surface area (Å²) in [4.78, 5) is 18.9. The zero-order chi connectivity index (χ0) is 14.8. The molecule has 0 aliphatic heterocycles. The second-order valence-corrected chi connectivity index (χ2v) is 5.18. The first-order valence-electron chi connectivity index (χ1n) is 6.82. The van der Waals surface area contributed by atoms with Gasteiger partial charge in [-0.1, -0.05) is 18.2 Å². The fourth-order valence-electron chi connectivity index (χ4n) is 2.31. The summed E-state index contributed by atoms with van der Waals surface area (Å²) in [6, 6.07) is 17.1. The third-order valence-corrected chi connectivity index (χ3v) is 3.49. The highest BCUT2D eigenvalue weighted by atomic mass is 16.1. The maximum absolute atomic E-state index is 12.6. The molecule has 3 rings (SSSR count). The minimum atomic E-state index is 0.0319. The maximum atomic E-state index is 12.6. The van der Waals surface area contributed by atoms with Crippen LogP contribution in [0.15, 0.2) is 60.8 Å². The largest absolute Gasteiger partial charge is 0.378 e. The molecular weight excluding hydrogens is 260 g/mol. The van der Waals surface area contributed by atoms with Gasteiger partial charge in [-0.25, -0.2) is 0 Å². The van der Waals surface area contributed by atoms with Gasteiger partial charge in [0.1, 0.15) is 0 Å². The molecule has 3 heteroatoms. The molecule has 0 aliphatic carbocycles. The molecule has 0 unspecified atom stereocenters. The number of carbonyl (C=O) groups is 1. The minimum Gasteiger partial charge on any atom is -0.378 e. The fraction of sp³-hybridized carbons (Fsp3) is 0.111. The Morgan fingerprint density at radius 1 is 0.952 bits per heavy atom. The molecule has 21 heavy (non-hydrogen) atoms. The van der Waals surface area contributed by atoms with Gasteiger partial charge in [-0.15, -0.1) is 0 Å². The van der Waals surface area contributed by atoms with Crippen molar-refractivity contribution >= 4 is 22.4 Å². The average molecular weight is 276 g/mol. The lowest BCUT2D eigenvalue weighted by Gasteiger charge is -2.13. The van der Waals surface area contributed by atoms with Crippen molar-refractivity contribution in [2.45, 2.75) is 0 Å². The smallest absolute Gasteiger partial charge is 0.193 e. The number of aromatic nitrogens is 1. The molecule has 0 fully saturated rings. The summed E-state index contributed by atoms with van der Waals surface area (Å²) < 4.78 is 0. The van der Waals surface area contributed by atoms with Crippen molar-refractivity contribution in [1.29, 1.82) is 0 Å². The summed E-state index contributed by atoms with van der Waals surface area (Å²) in [6.07, 6.45) is 1.75. The van der Waals surface area contributed by atoms with E-state index in [-0.39, 0.29) is 5.78 Å². The van der Waals surface area contributed by atoms with E-state index >= 15 is 0 Å². The summed E-state index contributed by atoms with van der Waals surface area (Å²) in [6.45, 7) is 0. The van der Waals surface area contributed by atoms with E-state index in [2.05, 4.69) is 4.98 Å². The van der Waals surface area contributed by atoms with Crippen molar-refractivity contribution in [3.63, 3.8) is 0 Å². The zero-order valence-corrected chi connectivity index (χ0v) is 12.1. The van der Waals surface area contributed by atoms with Crippen molar-refractivity contribution in [3.05, 3.63) is 71.9 Å². The van der Waals surface area contributed by atoms with Gasteiger partial charge in [0, 0.05) is 42.5 Å². The Labute approximate surface area is 123 Å². The third-order valence-electron chi connectivity index (χ3n) is 3.49. The number of nitrogens with zero attached hydrogens (tertiary/aromatic N) is 2. The Balaban J connectivity index is 2.01. The molecule has 1 aromatic heterocycles. The van der Waals surface area contributed by atoms with Crippen LogP contribution in [0.3, 0.4) is 0 Å². The van der Waals surface area contributed by atoms with Crippen LogP contribution in [0.25, 0.3) is 10.9 Å². The summed E-state index contributed by atoms with van der Waals surface area (Å²) in [7, 11) is 3.93. The lowest BCUT2D eigenvalue weighted by Crippen LogP contribution is -2.10. The molecule has 104 valence electrons. The molecule has 0 saturated heterocycles. The fourth-order valence-corrected chi connectivity index (χ4v) is 2.31. The lowest BCUT2D eigenvalue weighted by molar-refractivity contribution is 0.103. The van der Waals surface area contributed by atoms with Crippen LogP contribution in [-0.2, 0) is 0 Å². The molecule has 3 nitrogen and oxygen atoms in total. The molecule has 0 atom stereocenters. The maximum Gasteiger partial charge on any atom is 0.193 e. The van der Waals surface area contributed by atoms with Gasteiger partial charge in [0.15, 0.2) is 5.78 Å². The van der Waals surface area contributed by atoms with Crippen LogP contribution in [0.1, 0.15) is 15.9 Å². The Morgan fingerprint density at radius 3 is 2.57 bits per heavy atom. The number of anilines is 1. The molecular formula is C18H16N2O. The predicted molar refractivity (Wildman–Crippen MR) is 85.9 cm³/mol. The lowest BCUT2D eigenvalue weighted by atomic mass is 10.0. The van der Waals surface area contributed by atoms with Crippen LogP contribution in [0, 0.1) is 0 Å². The van der Waals surface area contributed by atoms with Crippen molar-refractivity contribution in [2.75, 3.05) is 19.0 Å². The first-order chi connectivity index (χ1) is 10.1. The number of ketones is 1. The summed E-state index contributed by atoms with van der Waals surface area (Å²) in [5, 5.41) is 0.979. The number of hydrogen-bond acceptors (Lipinski definition) is 3. The quantitative estimate of drug-likeness (QED) is 0.686. The van der Waals surface area contributed by atoms with Crippen LogP contribution >= 0.6 is 0 Å². The van der Waals surface area contributed by atoms with Crippen molar-refractivity contribution in [1.82, 2.24) is 4.98 Å². The number of benzene rings is 2. The van der Waals surface area contributed by atoms with Gasteiger partial charge in [0.2, 0.25) is 0 Å². The Bertz CT molecular complexity index is 809. The number of rotatable bonds is 3. The Morgan fingerprint density at radius 2 is 1.76 bits per heavy atom. The van der Waals surface area contributed by atoms with Gasteiger partial charge >= 0.3 is 0 Å². The van der Waals surface area contributed by atoms with Gasteiger partial charge < -0.3 is 4.90 Å². The molecule has 3 aromatic rings. The van der Waals surface area contributed by atoms with Crippen LogP contribution in [0.2, 0.25) is 0 Å². The monoisotopic (exact) mass is 276 g/mol. The van der Waals surface area contributed by atoms with E-state index in [0.29, 0.717) is 11.1 Å². The number of pyridine rings is 1. The van der Waals surface area contributed by atoms with E-state index in [0.717, 1.165) is 16.6 Å². The SMILES string of the molecule is CN(C)c1cccc(C(=O)c2ccc3ncccc3c2)c1. The molecule has 0 amide bonds. The normalized spacial score (nSPS) is 10.6. The van der Waals surface area contributed by atoms with Crippen molar-refractivity contribution in [3.8, 4) is 0 Å². The Hall–Kier alpha value is -2.68. The van der Waals surface area contributed by atoms with Gasteiger partial charge in [-0.2, -0.15) is 0 Å². The van der Waals surface area contributed by atoms with E-state index in [1.54, 1.807) is 6.20 Å². The highest BCUT2D eigenvalue weighted by Crippen LogP contribution is 2.19. The standard InChI is InChI=1S/C18H16N2O/c1-20(2)16-7-3-5-14(12-16)18(21)15-8-9-17-13(11-15)6-4-10-19-17/h3-12H,1-2H3. The number of carbonyl (C=O) groups excluding carboxylic acids is 1. The third kappa shape index (κ3) is 2.63. The molecule has 0 saturated carbocycles. The Kier molecular flexibility index (Phi) is 3.40. The summed E-state index contributed by atoms with van der Waals surface area (Å²) in [5.74, 6) is 0.0319. The highest BCUT2D eigenvalue weighted by molar-refractivity contribution is 6.10. The van der Waals surface area contributed by atoms with E-state index in [1.807, 2.05) is 73.6 Å². The van der Waals surface area contributed by atoms with E-state index in [4.69, 9.17) is 0 Å². The van der Waals surface area contributed by atoms with Crippen molar-refractivity contribution in [2.24, 2.45) is 0 Å². The second kappa shape index (κ2) is 5.37. The topological polar surface area (TPSA) is 33.2 Å². The van der Waals surface area contributed by atoms with Gasteiger partial charge in [-0.3, -0.25) is 9.78 Å². The predicted octanol–water partition coefficient (Wildman–Crippen LogP) is 3.53. The highest BCUT2D eigenvalue weighted by Gasteiger charge is 2.10. The molecule has 0 radical (unpaired) electrons. The minimum absolute atomic E-state index is 0.0319. The van der Waals surface area contributed by atoms with E-state index in [9.17, 15) is 4.79 Å². The van der Waals surface area contributed by atoms with Crippen molar-refractivity contribution < 1.29 is 4.79 Å². The van der Waals surface area contributed by atoms with Crippen LogP contribution in [-0.4, -0.2) is 24.9 Å².